The summed E-state index contributed by atoms with van der Waals surface area (Å²) in [4.78, 5) is 35.2. The summed E-state index contributed by atoms with van der Waals surface area (Å²) in [6, 6.07) is -1.48. The van der Waals surface area contributed by atoms with Gasteiger partial charge in [0.1, 0.15) is 6.04 Å². The van der Waals surface area contributed by atoms with E-state index in [1.807, 2.05) is 0 Å². The molecule has 1 saturated heterocycles. The number of rotatable bonds is 4. The fourth-order valence-corrected chi connectivity index (χ4v) is 1.87. The van der Waals surface area contributed by atoms with E-state index >= 15 is 0 Å². The van der Waals surface area contributed by atoms with Crippen LogP contribution in [0.2, 0.25) is 0 Å². The van der Waals surface area contributed by atoms with E-state index in [-0.39, 0.29) is 6.04 Å². The van der Waals surface area contributed by atoms with Gasteiger partial charge in [-0.05, 0) is 12.8 Å². The molecule has 1 unspecified atom stereocenters. The number of amides is 3. The minimum Gasteiger partial charge on any atom is -0.480 e. The summed E-state index contributed by atoms with van der Waals surface area (Å²) in [6.45, 7) is 2.50. The average molecular weight is 273 g/mol. The van der Waals surface area contributed by atoms with E-state index in [0.717, 1.165) is 0 Å². The lowest BCUT2D eigenvalue weighted by molar-refractivity contribution is -0.139. The van der Waals surface area contributed by atoms with Crippen LogP contribution in [0.1, 0.15) is 19.8 Å². The number of methoxy groups -OCH3 is 1. The van der Waals surface area contributed by atoms with Gasteiger partial charge in [-0.15, -0.1) is 0 Å². The summed E-state index contributed by atoms with van der Waals surface area (Å²) in [6.07, 6.45) is 0.398. The monoisotopic (exact) mass is 273 g/mol. The van der Waals surface area contributed by atoms with Gasteiger partial charge < -0.3 is 25.4 Å². The number of hydrogen-bond donors (Lipinski definition) is 3. The quantitative estimate of drug-likeness (QED) is 0.667. The molecule has 0 saturated carbocycles. The van der Waals surface area contributed by atoms with Crippen LogP contribution in [0, 0.1) is 0 Å². The van der Waals surface area contributed by atoms with Crippen molar-refractivity contribution in [2.24, 2.45) is 0 Å². The SMILES string of the molecule is CC[C@@H](NC(=O)N1CCC(NC(=O)OC)C1)C(=O)O. The van der Waals surface area contributed by atoms with Gasteiger partial charge >= 0.3 is 18.1 Å². The number of urea groups is 1. The molecular weight excluding hydrogens is 254 g/mol. The highest BCUT2D eigenvalue weighted by Crippen LogP contribution is 2.10. The van der Waals surface area contributed by atoms with Crippen molar-refractivity contribution in [2.45, 2.75) is 31.8 Å². The van der Waals surface area contributed by atoms with E-state index in [9.17, 15) is 14.4 Å². The highest BCUT2D eigenvalue weighted by molar-refractivity contribution is 5.82. The van der Waals surface area contributed by atoms with Crippen LogP contribution in [0.15, 0.2) is 0 Å². The Morgan fingerprint density at radius 1 is 1.47 bits per heavy atom. The Hall–Kier alpha value is -1.99. The van der Waals surface area contributed by atoms with Gasteiger partial charge in [0.15, 0.2) is 0 Å². The maximum absolute atomic E-state index is 11.8. The standard InChI is InChI=1S/C11H19N3O5/c1-3-8(9(15)16)13-10(17)14-5-4-7(6-14)12-11(18)19-2/h7-8H,3-6H2,1-2H3,(H,12,18)(H,13,17)(H,15,16)/t7?,8-/m1/s1. The third-order valence-corrected chi connectivity index (χ3v) is 2.99. The van der Waals surface area contributed by atoms with Crippen LogP contribution in [0.3, 0.4) is 0 Å². The van der Waals surface area contributed by atoms with E-state index < -0.39 is 24.1 Å². The van der Waals surface area contributed by atoms with Crippen LogP contribution < -0.4 is 10.6 Å². The number of likely N-dealkylation sites (tertiary alicyclic amines) is 1. The van der Waals surface area contributed by atoms with Crippen molar-refractivity contribution in [3.8, 4) is 0 Å². The predicted molar refractivity (Wildman–Crippen MR) is 65.8 cm³/mol. The lowest BCUT2D eigenvalue weighted by atomic mass is 10.2. The Balaban J connectivity index is 2.43. The summed E-state index contributed by atoms with van der Waals surface area (Å²) in [5.41, 5.74) is 0. The molecule has 1 heterocycles. The highest BCUT2D eigenvalue weighted by Gasteiger charge is 2.29. The number of carboxylic acids is 1. The minimum atomic E-state index is -1.06. The van der Waals surface area contributed by atoms with Gasteiger partial charge in [0.05, 0.1) is 13.2 Å². The molecule has 2 atom stereocenters. The Labute approximate surface area is 111 Å². The van der Waals surface area contributed by atoms with Crippen molar-refractivity contribution in [1.82, 2.24) is 15.5 Å². The van der Waals surface area contributed by atoms with Gasteiger partial charge in [0.25, 0.3) is 0 Å². The molecule has 0 aromatic rings. The van der Waals surface area contributed by atoms with Gasteiger partial charge in [0.2, 0.25) is 0 Å². The molecule has 8 heteroatoms. The largest absolute Gasteiger partial charge is 0.480 e. The minimum absolute atomic E-state index is 0.164. The normalized spacial score (nSPS) is 19.7. The molecule has 108 valence electrons. The smallest absolute Gasteiger partial charge is 0.407 e. The van der Waals surface area contributed by atoms with Crippen LogP contribution >= 0.6 is 0 Å². The number of nitrogens with one attached hydrogen (secondary N) is 2. The van der Waals surface area contributed by atoms with Crippen molar-refractivity contribution >= 4 is 18.1 Å². The van der Waals surface area contributed by atoms with Crippen molar-refractivity contribution in [3.05, 3.63) is 0 Å². The van der Waals surface area contributed by atoms with Gasteiger partial charge in [-0.25, -0.2) is 14.4 Å². The van der Waals surface area contributed by atoms with E-state index in [4.69, 9.17) is 5.11 Å². The summed E-state index contributed by atoms with van der Waals surface area (Å²) in [5.74, 6) is -1.06. The van der Waals surface area contributed by atoms with Crippen LogP contribution in [-0.4, -0.2) is 60.4 Å². The molecular formula is C11H19N3O5. The first-order chi connectivity index (χ1) is 8.97. The van der Waals surface area contributed by atoms with E-state index in [1.165, 1.54) is 12.0 Å². The molecule has 0 aliphatic carbocycles. The zero-order chi connectivity index (χ0) is 14.4. The number of alkyl carbamates (subject to hydrolysis) is 1. The predicted octanol–water partition coefficient (Wildman–Crippen LogP) is -0.0105. The highest BCUT2D eigenvalue weighted by atomic mass is 16.5. The zero-order valence-corrected chi connectivity index (χ0v) is 11.0. The Morgan fingerprint density at radius 2 is 2.16 bits per heavy atom. The molecule has 0 spiro atoms. The Morgan fingerprint density at radius 3 is 2.68 bits per heavy atom. The maximum atomic E-state index is 11.8. The summed E-state index contributed by atoms with van der Waals surface area (Å²) in [5, 5.41) is 13.9. The van der Waals surface area contributed by atoms with Gasteiger partial charge in [-0.1, -0.05) is 6.92 Å². The number of carbonyl (C=O) groups excluding carboxylic acids is 2. The van der Waals surface area contributed by atoms with Gasteiger partial charge in [-0.3, -0.25) is 0 Å². The van der Waals surface area contributed by atoms with Crippen molar-refractivity contribution in [2.75, 3.05) is 20.2 Å². The van der Waals surface area contributed by atoms with Crippen LogP contribution in [0.5, 0.6) is 0 Å². The Kier molecular flexibility index (Phi) is 5.40. The van der Waals surface area contributed by atoms with E-state index in [2.05, 4.69) is 15.4 Å². The summed E-state index contributed by atoms with van der Waals surface area (Å²) < 4.78 is 4.47. The second-order valence-electron chi connectivity index (χ2n) is 4.32. The fourth-order valence-electron chi connectivity index (χ4n) is 1.87. The molecule has 1 aliphatic rings. The van der Waals surface area contributed by atoms with E-state index in [1.54, 1.807) is 6.92 Å². The summed E-state index contributed by atoms with van der Waals surface area (Å²) in [7, 11) is 1.27. The van der Waals surface area contributed by atoms with Crippen molar-refractivity contribution < 1.29 is 24.2 Å². The number of carbonyl (C=O) groups is 3. The molecule has 0 aromatic heterocycles. The molecule has 3 amide bonds. The molecule has 3 N–H and O–H groups in total. The number of aliphatic carboxylic acids is 1. The van der Waals surface area contributed by atoms with Crippen molar-refractivity contribution in [3.63, 3.8) is 0 Å². The van der Waals surface area contributed by atoms with Gasteiger partial charge in [-0.2, -0.15) is 0 Å². The molecule has 1 aliphatic heterocycles. The first-order valence-corrected chi connectivity index (χ1v) is 6.10. The van der Waals surface area contributed by atoms with Crippen LogP contribution in [-0.2, 0) is 9.53 Å². The van der Waals surface area contributed by atoms with Crippen LogP contribution in [0.4, 0.5) is 9.59 Å². The number of hydrogen-bond acceptors (Lipinski definition) is 4. The molecule has 0 aromatic carbocycles. The fraction of sp³-hybridized carbons (Fsp3) is 0.727. The molecule has 1 fully saturated rings. The second-order valence-corrected chi connectivity index (χ2v) is 4.32. The lowest BCUT2D eigenvalue weighted by Gasteiger charge is -2.20. The molecule has 0 bridgehead atoms. The third kappa shape index (κ3) is 4.31. The first-order valence-electron chi connectivity index (χ1n) is 6.10. The number of ether oxygens (including phenoxy) is 1. The Bertz CT molecular complexity index is 360. The summed E-state index contributed by atoms with van der Waals surface area (Å²) >= 11 is 0. The van der Waals surface area contributed by atoms with Gasteiger partial charge in [0, 0.05) is 13.1 Å². The molecule has 8 nitrogen and oxygen atoms in total. The molecule has 0 radical (unpaired) electrons. The number of nitrogens with zero attached hydrogens (tertiary/aromatic N) is 1. The van der Waals surface area contributed by atoms with Crippen molar-refractivity contribution in [1.29, 1.82) is 0 Å². The average Bonchev–Trinajstić information content (AvgIpc) is 2.83. The lowest BCUT2D eigenvalue weighted by Crippen LogP contribution is -2.48. The maximum Gasteiger partial charge on any atom is 0.407 e. The molecule has 19 heavy (non-hydrogen) atoms. The third-order valence-electron chi connectivity index (χ3n) is 2.99. The first kappa shape index (κ1) is 15.1. The zero-order valence-electron chi connectivity index (χ0n) is 11.0. The number of carboxylic acid groups (broad SMARTS) is 1. The topological polar surface area (TPSA) is 108 Å². The van der Waals surface area contributed by atoms with E-state index in [0.29, 0.717) is 25.9 Å². The second kappa shape index (κ2) is 6.81. The molecule has 1 rings (SSSR count). The van der Waals surface area contributed by atoms with Crippen LogP contribution in [0.25, 0.3) is 0 Å².